The molecule has 0 aliphatic heterocycles. The van der Waals surface area contributed by atoms with Crippen LogP contribution in [-0.2, 0) is 0 Å². The van der Waals surface area contributed by atoms with Gasteiger partial charge < -0.3 is 0 Å². The van der Waals surface area contributed by atoms with Crippen molar-refractivity contribution in [1.82, 2.24) is 4.67 Å². The maximum absolute atomic E-state index is 5.88. The van der Waals surface area contributed by atoms with Gasteiger partial charge in [0.2, 0.25) is 0 Å². The number of hydrogen-bond donors (Lipinski definition) is 0. The Kier molecular flexibility index (Phi) is 4.65. The highest BCUT2D eigenvalue weighted by Crippen LogP contribution is 2.55. The Morgan fingerprint density at radius 3 is 1.55 bits per heavy atom. The SMILES string of the molecule is CC(C)N(P(Cl)Cl)C(C)(C)C. The van der Waals surface area contributed by atoms with Gasteiger partial charge in [0.05, 0.1) is 0 Å². The molecule has 0 aromatic heterocycles. The zero-order valence-electron chi connectivity index (χ0n) is 7.73. The van der Waals surface area contributed by atoms with Gasteiger partial charge in [-0.15, -0.1) is 0 Å². The van der Waals surface area contributed by atoms with Gasteiger partial charge in [0, 0.05) is 11.6 Å². The first-order chi connectivity index (χ1) is 4.76. The molecular weight excluding hydrogens is 200 g/mol. The fourth-order valence-corrected chi connectivity index (χ4v) is 4.39. The summed E-state index contributed by atoms with van der Waals surface area (Å²) in [5, 5.41) is 0. The van der Waals surface area contributed by atoms with Gasteiger partial charge in [-0.1, -0.05) is 22.5 Å². The summed E-state index contributed by atoms with van der Waals surface area (Å²) in [7, 11) is 0. The molecule has 68 valence electrons. The molecule has 0 heterocycles. The minimum atomic E-state index is -1.01. The van der Waals surface area contributed by atoms with Crippen LogP contribution in [0.4, 0.5) is 0 Å². The molecule has 0 bridgehead atoms. The predicted molar refractivity (Wildman–Crippen MR) is 55.4 cm³/mol. The average molecular weight is 216 g/mol. The van der Waals surface area contributed by atoms with Gasteiger partial charge in [0.25, 0.3) is 0 Å². The molecule has 0 N–H and O–H groups in total. The zero-order chi connectivity index (χ0) is 9.23. The third kappa shape index (κ3) is 3.94. The second-order valence-corrected chi connectivity index (χ2v) is 7.13. The molecule has 1 nitrogen and oxygen atoms in total. The summed E-state index contributed by atoms with van der Waals surface area (Å²) in [5.41, 5.74) is 0.0589. The van der Waals surface area contributed by atoms with E-state index in [2.05, 4.69) is 39.3 Å². The van der Waals surface area contributed by atoms with E-state index in [0.29, 0.717) is 6.04 Å². The third-order valence-electron chi connectivity index (χ3n) is 1.34. The number of rotatable bonds is 2. The minimum Gasteiger partial charge on any atom is -0.250 e. The van der Waals surface area contributed by atoms with Crippen molar-refractivity contribution < 1.29 is 0 Å². The van der Waals surface area contributed by atoms with Crippen LogP contribution in [0.2, 0.25) is 0 Å². The van der Waals surface area contributed by atoms with Crippen LogP contribution in [0.1, 0.15) is 34.6 Å². The lowest BCUT2D eigenvalue weighted by Crippen LogP contribution is -2.40. The fourth-order valence-electron chi connectivity index (χ4n) is 1.18. The van der Waals surface area contributed by atoms with Crippen LogP contribution in [0.15, 0.2) is 0 Å². The molecule has 0 saturated carbocycles. The summed E-state index contributed by atoms with van der Waals surface area (Å²) >= 11 is 11.8. The predicted octanol–water partition coefficient (Wildman–Crippen LogP) is 4.20. The molecule has 0 saturated heterocycles. The van der Waals surface area contributed by atoms with E-state index < -0.39 is 6.78 Å². The van der Waals surface area contributed by atoms with E-state index in [0.717, 1.165) is 0 Å². The molecule has 0 aliphatic rings. The van der Waals surface area contributed by atoms with Gasteiger partial charge in [0.1, 0.15) is 0 Å². The molecule has 0 aromatic carbocycles. The van der Waals surface area contributed by atoms with Crippen molar-refractivity contribution in [1.29, 1.82) is 0 Å². The topological polar surface area (TPSA) is 3.24 Å². The lowest BCUT2D eigenvalue weighted by atomic mass is 10.1. The number of halogens is 2. The van der Waals surface area contributed by atoms with Crippen LogP contribution in [-0.4, -0.2) is 16.3 Å². The molecule has 0 radical (unpaired) electrons. The van der Waals surface area contributed by atoms with Crippen molar-refractivity contribution in [3.63, 3.8) is 0 Å². The second-order valence-electron chi connectivity index (χ2n) is 3.82. The molecule has 0 atom stereocenters. The van der Waals surface area contributed by atoms with Crippen LogP contribution in [0.5, 0.6) is 0 Å². The lowest BCUT2D eigenvalue weighted by Gasteiger charge is -2.38. The molecule has 0 unspecified atom stereocenters. The van der Waals surface area contributed by atoms with Crippen LogP contribution < -0.4 is 0 Å². The van der Waals surface area contributed by atoms with E-state index in [9.17, 15) is 0 Å². The summed E-state index contributed by atoms with van der Waals surface area (Å²) in [5.74, 6) is 0. The van der Waals surface area contributed by atoms with Crippen molar-refractivity contribution in [3.8, 4) is 0 Å². The Labute approximate surface area is 80.4 Å². The van der Waals surface area contributed by atoms with Crippen LogP contribution >= 0.6 is 29.3 Å². The normalized spacial score (nSPS) is 13.6. The first-order valence-electron chi connectivity index (χ1n) is 3.67. The first kappa shape index (κ1) is 12.0. The van der Waals surface area contributed by atoms with Gasteiger partial charge >= 0.3 is 0 Å². The van der Waals surface area contributed by atoms with E-state index >= 15 is 0 Å². The summed E-state index contributed by atoms with van der Waals surface area (Å²) in [6.07, 6.45) is 0. The van der Waals surface area contributed by atoms with Crippen molar-refractivity contribution >= 4 is 29.3 Å². The van der Waals surface area contributed by atoms with E-state index in [4.69, 9.17) is 22.5 Å². The van der Waals surface area contributed by atoms with Gasteiger partial charge in [-0.3, -0.25) is 0 Å². The highest BCUT2D eigenvalue weighted by molar-refractivity contribution is 8.02. The summed E-state index contributed by atoms with van der Waals surface area (Å²) < 4.78 is 2.12. The Morgan fingerprint density at radius 1 is 1.18 bits per heavy atom. The van der Waals surface area contributed by atoms with Crippen molar-refractivity contribution in [3.05, 3.63) is 0 Å². The Hall–Kier alpha value is 0.970. The van der Waals surface area contributed by atoms with Crippen molar-refractivity contribution in [2.75, 3.05) is 0 Å². The van der Waals surface area contributed by atoms with Crippen LogP contribution in [0, 0.1) is 0 Å². The molecule has 0 spiro atoms. The molecule has 0 aromatic rings. The fraction of sp³-hybridized carbons (Fsp3) is 1.00. The van der Waals surface area contributed by atoms with E-state index in [1.165, 1.54) is 0 Å². The third-order valence-corrected chi connectivity index (χ3v) is 3.70. The minimum absolute atomic E-state index is 0.0589. The first-order valence-corrected chi connectivity index (χ1v) is 6.78. The standard InChI is InChI=1S/C7H16Cl2NP/c1-6(2)10(11(8)9)7(3,4)5/h6H,1-5H3. The average Bonchev–Trinajstić information content (AvgIpc) is 1.54. The van der Waals surface area contributed by atoms with E-state index in [-0.39, 0.29) is 5.54 Å². The Morgan fingerprint density at radius 2 is 1.55 bits per heavy atom. The van der Waals surface area contributed by atoms with Crippen molar-refractivity contribution in [2.24, 2.45) is 0 Å². The maximum Gasteiger partial charge on any atom is 0.160 e. The Bertz CT molecular complexity index is 112. The van der Waals surface area contributed by atoms with E-state index in [1.807, 2.05) is 0 Å². The Balaban J connectivity index is 4.35. The molecule has 0 aliphatic carbocycles. The van der Waals surface area contributed by atoms with Gasteiger partial charge in [-0.05, 0) is 34.6 Å². The summed E-state index contributed by atoms with van der Waals surface area (Å²) in [4.78, 5) is 0. The molecule has 4 heteroatoms. The van der Waals surface area contributed by atoms with E-state index in [1.54, 1.807) is 0 Å². The van der Waals surface area contributed by atoms with Crippen molar-refractivity contribution in [2.45, 2.75) is 46.2 Å². The molecule has 0 amide bonds. The maximum atomic E-state index is 5.88. The number of nitrogens with zero attached hydrogens (tertiary/aromatic N) is 1. The van der Waals surface area contributed by atoms with Crippen LogP contribution in [0.3, 0.4) is 0 Å². The molecular formula is C7H16Cl2NP. The smallest absolute Gasteiger partial charge is 0.160 e. The molecule has 0 rings (SSSR count). The van der Waals surface area contributed by atoms with Gasteiger partial charge in [0.15, 0.2) is 6.78 Å². The molecule has 11 heavy (non-hydrogen) atoms. The largest absolute Gasteiger partial charge is 0.250 e. The monoisotopic (exact) mass is 215 g/mol. The molecule has 0 fully saturated rings. The van der Waals surface area contributed by atoms with Gasteiger partial charge in [-0.2, -0.15) is 0 Å². The zero-order valence-corrected chi connectivity index (χ0v) is 10.1. The summed E-state index contributed by atoms with van der Waals surface area (Å²) in [6.45, 7) is 9.55. The highest BCUT2D eigenvalue weighted by atomic mass is 35.9. The van der Waals surface area contributed by atoms with Crippen LogP contribution in [0.25, 0.3) is 0 Å². The number of hydrogen-bond acceptors (Lipinski definition) is 1. The highest BCUT2D eigenvalue weighted by Gasteiger charge is 2.29. The van der Waals surface area contributed by atoms with Gasteiger partial charge in [-0.25, -0.2) is 4.67 Å². The lowest BCUT2D eigenvalue weighted by molar-refractivity contribution is 0.227. The quantitative estimate of drug-likeness (QED) is 0.625. The second kappa shape index (κ2) is 4.28. The summed E-state index contributed by atoms with van der Waals surface area (Å²) in [6, 6.07) is 0.399.